The average Bonchev–Trinajstić information content (AvgIpc) is 2.76. The first-order valence-electron chi connectivity index (χ1n) is 4.93. The largest absolute Gasteiger partial charge is 0.440 e. The lowest BCUT2D eigenvalue weighted by atomic mass is 10.1. The zero-order valence-corrected chi connectivity index (χ0v) is 10.5. The molecule has 0 unspecified atom stereocenters. The van der Waals surface area contributed by atoms with Crippen LogP contribution < -0.4 is 5.73 Å². The molecule has 2 aromatic rings. The van der Waals surface area contributed by atoms with Crippen molar-refractivity contribution in [2.24, 2.45) is 5.73 Å². The third kappa shape index (κ3) is 2.56. The van der Waals surface area contributed by atoms with Gasteiger partial charge in [-0.25, -0.2) is 4.98 Å². The second-order valence-electron chi connectivity index (χ2n) is 3.52. The van der Waals surface area contributed by atoms with Crippen LogP contribution in [-0.4, -0.2) is 4.98 Å². The number of nitrogens with two attached hydrogens (primary N) is 1. The predicted molar refractivity (Wildman–Crippen MR) is 62.5 cm³/mol. The third-order valence-corrected chi connectivity index (χ3v) is 2.77. The molecule has 96 valence electrons. The molecule has 0 spiro atoms. The van der Waals surface area contributed by atoms with E-state index in [0.717, 1.165) is 6.07 Å². The van der Waals surface area contributed by atoms with Crippen molar-refractivity contribution in [1.82, 2.24) is 4.98 Å². The van der Waals surface area contributed by atoms with Crippen LogP contribution in [0.3, 0.4) is 0 Å². The summed E-state index contributed by atoms with van der Waals surface area (Å²) in [6, 6.07) is 3.79. The smallest absolute Gasteiger partial charge is 0.417 e. The molecule has 1 heterocycles. The Morgan fingerprint density at radius 2 is 2.06 bits per heavy atom. The van der Waals surface area contributed by atoms with E-state index in [1.54, 1.807) is 0 Å². The van der Waals surface area contributed by atoms with Crippen molar-refractivity contribution in [1.29, 1.82) is 0 Å². The van der Waals surface area contributed by atoms with Crippen molar-refractivity contribution in [3.63, 3.8) is 0 Å². The zero-order valence-electron chi connectivity index (χ0n) is 8.96. The van der Waals surface area contributed by atoms with E-state index in [-0.39, 0.29) is 18.0 Å². The van der Waals surface area contributed by atoms with E-state index < -0.39 is 11.7 Å². The summed E-state index contributed by atoms with van der Waals surface area (Å²) in [5, 5.41) is 0. The number of aromatic nitrogens is 1. The van der Waals surface area contributed by atoms with Crippen LogP contribution in [-0.2, 0) is 12.7 Å². The lowest BCUT2D eigenvalue weighted by Gasteiger charge is -2.10. The molecular weight excluding hydrogens is 313 g/mol. The Kier molecular flexibility index (Phi) is 3.45. The number of nitrogens with zero attached hydrogens (tertiary/aromatic N) is 1. The van der Waals surface area contributed by atoms with E-state index in [4.69, 9.17) is 10.2 Å². The minimum absolute atomic E-state index is 0.0877. The molecule has 0 bridgehead atoms. The van der Waals surface area contributed by atoms with Crippen molar-refractivity contribution < 1.29 is 17.6 Å². The summed E-state index contributed by atoms with van der Waals surface area (Å²) < 4.78 is 44.1. The van der Waals surface area contributed by atoms with Crippen LogP contribution in [0.15, 0.2) is 33.3 Å². The van der Waals surface area contributed by atoms with Gasteiger partial charge in [-0.2, -0.15) is 13.2 Å². The number of alkyl halides is 3. The molecule has 1 aromatic heterocycles. The first-order valence-corrected chi connectivity index (χ1v) is 5.73. The number of halogens is 4. The van der Waals surface area contributed by atoms with Gasteiger partial charge in [-0.1, -0.05) is 15.9 Å². The normalized spacial score (nSPS) is 11.8. The minimum Gasteiger partial charge on any atom is -0.440 e. The molecular formula is C11H8BrF3N2O. The summed E-state index contributed by atoms with van der Waals surface area (Å²) in [4.78, 5) is 3.80. The molecule has 0 fully saturated rings. The van der Waals surface area contributed by atoms with Gasteiger partial charge in [0.25, 0.3) is 0 Å². The Bertz CT molecular complexity index is 566. The maximum absolute atomic E-state index is 12.9. The van der Waals surface area contributed by atoms with Crippen molar-refractivity contribution >= 4 is 15.9 Å². The van der Waals surface area contributed by atoms with E-state index in [0.29, 0.717) is 10.2 Å². The molecule has 2 N–H and O–H groups in total. The molecule has 3 nitrogen and oxygen atoms in total. The van der Waals surface area contributed by atoms with E-state index in [9.17, 15) is 13.2 Å². The van der Waals surface area contributed by atoms with Crippen molar-refractivity contribution in [2.75, 3.05) is 0 Å². The lowest BCUT2D eigenvalue weighted by molar-refractivity contribution is -0.137. The fourth-order valence-corrected chi connectivity index (χ4v) is 1.82. The van der Waals surface area contributed by atoms with Gasteiger partial charge in [0.2, 0.25) is 5.89 Å². The SMILES string of the molecule is NCc1cnc(-c2ccc(Br)cc2C(F)(F)F)o1. The molecule has 0 atom stereocenters. The van der Waals surface area contributed by atoms with Gasteiger partial charge < -0.3 is 10.2 Å². The topological polar surface area (TPSA) is 52.0 Å². The van der Waals surface area contributed by atoms with E-state index in [1.807, 2.05) is 0 Å². The number of rotatable bonds is 2. The highest BCUT2D eigenvalue weighted by Gasteiger charge is 2.35. The van der Waals surface area contributed by atoms with Gasteiger partial charge in [0.15, 0.2) is 0 Å². The van der Waals surface area contributed by atoms with Gasteiger partial charge in [0, 0.05) is 10.0 Å². The number of benzene rings is 1. The maximum atomic E-state index is 12.9. The molecule has 0 amide bonds. The quantitative estimate of drug-likeness (QED) is 0.920. The monoisotopic (exact) mass is 320 g/mol. The van der Waals surface area contributed by atoms with Gasteiger partial charge in [-0.05, 0) is 18.2 Å². The van der Waals surface area contributed by atoms with Crippen molar-refractivity contribution in [3.8, 4) is 11.5 Å². The van der Waals surface area contributed by atoms with E-state index >= 15 is 0 Å². The summed E-state index contributed by atoms with van der Waals surface area (Å²) in [7, 11) is 0. The summed E-state index contributed by atoms with van der Waals surface area (Å²) in [6.07, 6.45) is -3.16. The number of hydrogen-bond acceptors (Lipinski definition) is 3. The highest BCUT2D eigenvalue weighted by Crippen LogP contribution is 2.38. The van der Waals surface area contributed by atoms with Gasteiger partial charge in [0.05, 0.1) is 18.3 Å². The molecule has 7 heteroatoms. The Hall–Kier alpha value is -1.34. The first kappa shape index (κ1) is 13.1. The third-order valence-electron chi connectivity index (χ3n) is 2.27. The van der Waals surface area contributed by atoms with Crippen LogP contribution in [0.2, 0.25) is 0 Å². The summed E-state index contributed by atoms with van der Waals surface area (Å²) in [6.45, 7) is 0.0882. The molecule has 0 radical (unpaired) electrons. The van der Waals surface area contributed by atoms with Crippen LogP contribution in [0.25, 0.3) is 11.5 Å². The summed E-state index contributed by atoms with van der Waals surface area (Å²) in [5.74, 6) is 0.247. The summed E-state index contributed by atoms with van der Waals surface area (Å²) in [5.41, 5.74) is 4.42. The molecule has 0 saturated heterocycles. The fraction of sp³-hybridized carbons (Fsp3) is 0.182. The van der Waals surface area contributed by atoms with Crippen molar-refractivity contribution in [2.45, 2.75) is 12.7 Å². The molecule has 0 aliphatic carbocycles. The fourth-order valence-electron chi connectivity index (χ4n) is 1.46. The van der Waals surface area contributed by atoms with Crippen LogP contribution in [0.4, 0.5) is 13.2 Å². The Morgan fingerprint density at radius 3 is 2.61 bits per heavy atom. The standard InChI is InChI=1S/C11H8BrF3N2O/c12-6-1-2-8(9(3-6)11(13,14)15)10-17-5-7(4-16)18-10/h1-3,5H,4,16H2. The number of oxazole rings is 1. The molecule has 0 aliphatic rings. The van der Waals surface area contributed by atoms with E-state index in [1.165, 1.54) is 18.3 Å². The Labute approximate surface area is 109 Å². The van der Waals surface area contributed by atoms with E-state index in [2.05, 4.69) is 20.9 Å². The maximum Gasteiger partial charge on any atom is 0.417 e. The second kappa shape index (κ2) is 4.74. The molecule has 1 aromatic carbocycles. The zero-order chi connectivity index (χ0) is 13.3. The predicted octanol–water partition coefficient (Wildman–Crippen LogP) is 3.58. The van der Waals surface area contributed by atoms with Crippen LogP contribution >= 0.6 is 15.9 Å². The van der Waals surface area contributed by atoms with Crippen LogP contribution in [0, 0.1) is 0 Å². The molecule has 18 heavy (non-hydrogen) atoms. The van der Waals surface area contributed by atoms with Crippen LogP contribution in [0.5, 0.6) is 0 Å². The Morgan fingerprint density at radius 1 is 1.33 bits per heavy atom. The second-order valence-corrected chi connectivity index (χ2v) is 4.44. The highest BCUT2D eigenvalue weighted by atomic mass is 79.9. The van der Waals surface area contributed by atoms with Gasteiger partial charge in [-0.3, -0.25) is 0 Å². The van der Waals surface area contributed by atoms with Gasteiger partial charge >= 0.3 is 6.18 Å². The average molecular weight is 321 g/mol. The highest BCUT2D eigenvalue weighted by molar-refractivity contribution is 9.10. The Balaban J connectivity index is 2.56. The number of hydrogen-bond donors (Lipinski definition) is 1. The minimum atomic E-state index is -4.48. The van der Waals surface area contributed by atoms with Gasteiger partial charge in [-0.15, -0.1) is 0 Å². The molecule has 0 saturated carbocycles. The molecule has 2 rings (SSSR count). The lowest BCUT2D eigenvalue weighted by Crippen LogP contribution is -2.07. The van der Waals surface area contributed by atoms with Gasteiger partial charge in [0.1, 0.15) is 5.76 Å². The van der Waals surface area contributed by atoms with Crippen molar-refractivity contribution in [3.05, 3.63) is 40.2 Å². The first-order chi connectivity index (χ1) is 8.41. The van der Waals surface area contributed by atoms with Crippen LogP contribution in [0.1, 0.15) is 11.3 Å². The molecule has 0 aliphatic heterocycles. The summed E-state index contributed by atoms with van der Waals surface area (Å²) >= 11 is 3.01.